The zero-order valence-corrected chi connectivity index (χ0v) is 17.8. The maximum absolute atomic E-state index is 13.1. The second-order valence-corrected chi connectivity index (χ2v) is 9.54. The van der Waals surface area contributed by atoms with Crippen molar-refractivity contribution in [1.82, 2.24) is 19.1 Å². The fraction of sp³-hybridized carbons (Fsp3) is 0.350. The van der Waals surface area contributed by atoms with Gasteiger partial charge in [-0.05, 0) is 24.1 Å². The molecule has 3 heterocycles. The maximum Gasteiger partial charge on any atom is 0.309 e. The summed E-state index contributed by atoms with van der Waals surface area (Å²) in [6.45, 7) is 2.37. The van der Waals surface area contributed by atoms with E-state index in [1.54, 1.807) is 22.9 Å². The van der Waals surface area contributed by atoms with E-state index in [0.29, 0.717) is 22.3 Å². The normalized spacial score (nSPS) is 19.7. The largest absolute Gasteiger partial charge is 0.497 e. The molecule has 0 saturated carbocycles. The minimum atomic E-state index is -3.80. The number of carbonyl (C=O) groups is 1. The molecule has 2 aromatic heterocycles. The van der Waals surface area contributed by atoms with Gasteiger partial charge in [0.1, 0.15) is 5.75 Å². The topological polar surface area (TPSA) is 135 Å². The van der Waals surface area contributed by atoms with Gasteiger partial charge in [-0.2, -0.15) is 9.40 Å². The van der Waals surface area contributed by atoms with Gasteiger partial charge in [0.15, 0.2) is 0 Å². The average molecular weight is 446 g/mol. The lowest BCUT2D eigenvalue weighted by molar-refractivity contribution is -0.136. The summed E-state index contributed by atoms with van der Waals surface area (Å²) in [5, 5.41) is 14.5. The quantitative estimate of drug-likeness (QED) is 0.582. The Kier molecular flexibility index (Phi) is 5.31. The van der Waals surface area contributed by atoms with Crippen LogP contribution >= 0.6 is 0 Å². The minimum Gasteiger partial charge on any atom is -0.497 e. The third-order valence-corrected chi connectivity index (χ3v) is 7.38. The first-order valence-corrected chi connectivity index (χ1v) is 11.1. The molecule has 11 heteroatoms. The highest BCUT2D eigenvalue weighted by atomic mass is 32.2. The molecule has 1 aliphatic rings. The van der Waals surface area contributed by atoms with Crippen LogP contribution in [0.5, 0.6) is 5.75 Å². The van der Waals surface area contributed by atoms with Crippen LogP contribution in [-0.2, 0) is 21.2 Å². The second kappa shape index (κ2) is 7.82. The number of sulfonamides is 1. The maximum atomic E-state index is 13.1. The van der Waals surface area contributed by atoms with Crippen LogP contribution in [-0.4, -0.2) is 58.8 Å². The number of carboxylic acid groups (broad SMARTS) is 1. The molecule has 0 spiro atoms. The van der Waals surface area contributed by atoms with Crippen molar-refractivity contribution in [3.05, 3.63) is 52.6 Å². The van der Waals surface area contributed by atoms with E-state index in [-0.39, 0.29) is 41.9 Å². The molecular weight excluding hydrogens is 424 g/mol. The molecule has 0 bridgehead atoms. The number of aromatic nitrogens is 3. The molecule has 10 nitrogen and oxygen atoms in total. The van der Waals surface area contributed by atoms with E-state index in [1.807, 2.05) is 6.92 Å². The van der Waals surface area contributed by atoms with Crippen LogP contribution < -0.4 is 10.3 Å². The molecule has 1 fully saturated rings. The minimum absolute atomic E-state index is 0.0125. The van der Waals surface area contributed by atoms with Crippen LogP contribution in [0.3, 0.4) is 0 Å². The van der Waals surface area contributed by atoms with E-state index in [0.717, 1.165) is 0 Å². The molecule has 1 aliphatic heterocycles. The summed E-state index contributed by atoms with van der Waals surface area (Å²) in [6.07, 6.45) is 0.950. The smallest absolute Gasteiger partial charge is 0.309 e. The van der Waals surface area contributed by atoms with Crippen molar-refractivity contribution in [3.8, 4) is 5.75 Å². The molecule has 0 aliphatic carbocycles. The number of nitrogens with zero attached hydrogens (tertiary/aromatic N) is 3. The van der Waals surface area contributed by atoms with Crippen molar-refractivity contribution in [3.63, 3.8) is 0 Å². The van der Waals surface area contributed by atoms with Crippen LogP contribution in [0.4, 0.5) is 0 Å². The van der Waals surface area contributed by atoms with Crippen molar-refractivity contribution in [1.29, 1.82) is 0 Å². The predicted octanol–water partition coefficient (Wildman–Crippen LogP) is 1.24. The first-order valence-electron chi connectivity index (χ1n) is 9.66. The standard InChI is InChI=1S/C20H22N4O6S/c1-12-10-23(31(28,29)14-4-6-19(25)21-9-14)11-18(12)24-17-7-13(30-2)3-5-15(17)16(22-24)8-20(26)27/h3-7,9,12,18H,8,10-11H2,1-2H3,(H,21,25)(H,26,27)/t12-,18+/m1/s1. The number of methoxy groups -OCH3 is 1. The van der Waals surface area contributed by atoms with Gasteiger partial charge in [0.05, 0.1) is 35.7 Å². The lowest BCUT2D eigenvalue weighted by Crippen LogP contribution is -2.30. The molecule has 0 amide bonds. The Balaban J connectivity index is 1.73. The molecule has 1 aromatic carbocycles. The van der Waals surface area contributed by atoms with E-state index in [9.17, 15) is 23.1 Å². The van der Waals surface area contributed by atoms with Crippen molar-refractivity contribution in [2.75, 3.05) is 20.2 Å². The van der Waals surface area contributed by atoms with Crippen LogP contribution in [0.2, 0.25) is 0 Å². The number of H-pyrrole nitrogens is 1. The summed E-state index contributed by atoms with van der Waals surface area (Å²) in [6, 6.07) is 7.45. The van der Waals surface area contributed by atoms with Crippen LogP contribution in [0, 0.1) is 5.92 Å². The zero-order valence-electron chi connectivity index (χ0n) is 17.0. The fourth-order valence-corrected chi connectivity index (χ4v) is 5.49. The van der Waals surface area contributed by atoms with E-state index in [1.165, 1.54) is 29.7 Å². The predicted molar refractivity (Wildman–Crippen MR) is 112 cm³/mol. The molecule has 31 heavy (non-hydrogen) atoms. The van der Waals surface area contributed by atoms with Crippen molar-refractivity contribution < 1.29 is 23.1 Å². The molecular formula is C20H22N4O6S. The van der Waals surface area contributed by atoms with Crippen LogP contribution in [0.1, 0.15) is 18.7 Å². The third-order valence-electron chi connectivity index (χ3n) is 5.56. The average Bonchev–Trinajstić information content (AvgIpc) is 3.28. The van der Waals surface area contributed by atoms with E-state index in [4.69, 9.17) is 4.74 Å². The number of hydrogen-bond acceptors (Lipinski definition) is 6. The van der Waals surface area contributed by atoms with Crippen LogP contribution in [0.15, 0.2) is 46.2 Å². The van der Waals surface area contributed by atoms with Gasteiger partial charge >= 0.3 is 5.97 Å². The van der Waals surface area contributed by atoms with Crippen molar-refractivity contribution >= 4 is 26.9 Å². The van der Waals surface area contributed by atoms with Gasteiger partial charge < -0.3 is 14.8 Å². The Morgan fingerprint density at radius 2 is 2.06 bits per heavy atom. The van der Waals surface area contributed by atoms with Gasteiger partial charge in [-0.25, -0.2) is 8.42 Å². The molecule has 164 valence electrons. The summed E-state index contributed by atoms with van der Waals surface area (Å²) in [5.41, 5.74) is 0.726. The number of ether oxygens (including phenoxy) is 1. The first-order chi connectivity index (χ1) is 14.7. The number of aliphatic carboxylic acids is 1. The van der Waals surface area contributed by atoms with Gasteiger partial charge in [0, 0.05) is 36.8 Å². The van der Waals surface area contributed by atoms with Gasteiger partial charge in [-0.15, -0.1) is 0 Å². The Morgan fingerprint density at radius 1 is 1.29 bits per heavy atom. The van der Waals surface area contributed by atoms with Crippen molar-refractivity contribution in [2.45, 2.75) is 24.3 Å². The number of fused-ring (bicyclic) bond motifs is 1. The highest BCUT2D eigenvalue weighted by molar-refractivity contribution is 7.89. The van der Waals surface area contributed by atoms with Gasteiger partial charge in [0.25, 0.3) is 0 Å². The Bertz CT molecular complexity index is 1290. The van der Waals surface area contributed by atoms with Gasteiger partial charge in [-0.1, -0.05) is 6.92 Å². The zero-order chi connectivity index (χ0) is 22.3. The Morgan fingerprint density at radius 3 is 2.71 bits per heavy atom. The highest BCUT2D eigenvalue weighted by Gasteiger charge is 2.39. The van der Waals surface area contributed by atoms with Crippen molar-refractivity contribution in [2.24, 2.45) is 5.92 Å². The molecule has 2 N–H and O–H groups in total. The summed E-state index contributed by atoms with van der Waals surface area (Å²) >= 11 is 0. The number of pyridine rings is 1. The summed E-state index contributed by atoms with van der Waals surface area (Å²) in [5.74, 6) is -0.479. The lowest BCUT2D eigenvalue weighted by Gasteiger charge is -2.17. The number of nitrogens with one attached hydrogen (secondary N) is 1. The number of rotatable bonds is 6. The molecule has 3 aromatic rings. The molecule has 1 saturated heterocycles. The number of hydrogen-bond donors (Lipinski definition) is 2. The SMILES string of the molecule is COc1ccc2c(CC(=O)O)nn([C@H]3CN(S(=O)(=O)c4ccc(=O)[nH]c4)C[C@H]3C)c2c1. The fourth-order valence-electron chi connectivity index (χ4n) is 3.96. The number of benzene rings is 1. The number of aromatic amines is 1. The molecule has 0 radical (unpaired) electrons. The molecule has 4 rings (SSSR count). The second-order valence-electron chi connectivity index (χ2n) is 7.60. The summed E-state index contributed by atoms with van der Waals surface area (Å²) in [7, 11) is -2.27. The van der Waals surface area contributed by atoms with E-state index in [2.05, 4.69) is 10.1 Å². The van der Waals surface area contributed by atoms with E-state index < -0.39 is 16.0 Å². The molecule has 0 unspecified atom stereocenters. The van der Waals surface area contributed by atoms with Crippen LogP contribution in [0.25, 0.3) is 10.9 Å². The Labute approximate surface area is 178 Å². The van der Waals surface area contributed by atoms with E-state index >= 15 is 0 Å². The summed E-state index contributed by atoms with van der Waals surface area (Å²) < 4.78 is 34.5. The van der Waals surface area contributed by atoms with Gasteiger partial charge in [0.2, 0.25) is 15.6 Å². The third kappa shape index (κ3) is 3.81. The number of carboxylic acids is 1. The highest BCUT2D eigenvalue weighted by Crippen LogP contribution is 2.35. The van der Waals surface area contributed by atoms with Gasteiger partial charge in [-0.3, -0.25) is 14.3 Å². The lowest BCUT2D eigenvalue weighted by atomic mass is 10.1. The molecule has 2 atom stereocenters. The Hall–Kier alpha value is -3.18. The summed E-state index contributed by atoms with van der Waals surface area (Å²) in [4.78, 5) is 25.0. The first kappa shape index (κ1) is 21.1. The monoisotopic (exact) mass is 446 g/mol.